The second kappa shape index (κ2) is 7.31. The van der Waals surface area contributed by atoms with Crippen molar-refractivity contribution in [3.63, 3.8) is 0 Å². The highest BCUT2D eigenvalue weighted by atomic mass is 35.5. The zero-order valence-electron chi connectivity index (χ0n) is 14.6. The number of hydrogen-bond donors (Lipinski definition) is 0. The third-order valence-corrected chi connectivity index (χ3v) is 5.29. The van der Waals surface area contributed by atoms with Crippen molar-refractivity contribution in [2.45, 2.75) is 18.8 Å². The molecule has 0 N–H and O–H groups in total. The Morgan fingerprint density at radius 2 is 1.86 bits per heavy atom. The van der Waals surface area contributed by atoms with E-state index in [2.05, 4.69) is 9.97 Å². The van der Waals surface area contributed by atoms with E-state index in [0.29, 0.717) is 33.0 Å². The summed E-state index contributed by atoms with van der Waals surface area (Å²) in [4.78, 5) is 21.4. The molecule has 4 rings (SSSR count). The van der Waals surface area contributed by atoms with Crippen LogP contribution in [-0.4, -0.2) is 27.0 Å². The summed E-state index contributed by atoms with van der Waals surface area (Å²) >= 11 is 12.5. The number of nitrogens with zero attached hydrogens (tertiary/aromatic N) is 3. The van der Waals surface area contributed by atoms with Gasteiger partial charge in [-0.25, -0.2) is 9.97 Å². The van der Waals surface area contributed by atoms with Crippen LogP contribution < -0.4 is 0 Å². The van der Waals surface area contributed by atoms with Crippen molar-refractivity contribution < 1.29 is 18.0 Å². The predicted molar refractivity (Wildman–Crippen MR) is 102 cm³/mol. The van der Waals surface area contributed by atoms with E-state index >= 15 is 0 Å². The van der Waals surface area contributed by atoms with Gasteiger partial charge in [0, 0.05) is 27.4 Å². The molecule has 29 heavy (non-hydrogen) atoms. The first-order valence-electron chi connectivity index (χ1n) is 8.48. The van der Waals surface area contributed by atoms with Gasteiger partial charge in [0.05, 0.1) is 18.3 Å². The predicted octanol–water partition coefficient (Wildman–Crippen LogP) is 5.44. The first-order chi connectivity index (χ1) is 13.8. The fourth-order valence-corrected chi connectivity index (χ4v) is 3.94. The second-order valence-corrected chi connectivity index (χ2v) is 7.33. The molecular weight excluding hydrogens is 426 g/mol. The molecule has 1 unspecified atom stereocenters. The molecule has 1 aromatic heterocycles. The van der Waals surface area contributed by atoms with Crippen molar-refractivity contribution in [1.29, 1.82) is 0 Å². The minimum absolute atomic E-state index is 0.237. The average molecular weight is 438 g/mol. The number of amides is 1. The van der Waals surface area contributed by atoms with Crippen LogP contribution in [0.3, 0.4) is 0 Å². The summed E-state index contributed by atoms with van der Waals surface area (Å²) in [6.45, 7) is -0.337. The van der Waals surface area contributed by atoms with Gasteiger partial charge in [0.1, 0.15) is 6.33 Å². The number of rotatable bonds is 1. The van der Waals surface area contributed by atoms with Crippen LogP contribution in [-0.2, 0) is 11.3 Å². The molecule has 3 aromatic rings. The Bertz CT molecular complexity index is 1100. The summed E-state index contributed by atoms with van der Waals surface area (Å²) in [5, 5.41) is 0.554. The highest BCUT2D eigenvalue weighted by Gasteiger charge is 2.47. The largest absolute Gasteiger partial charge is 0.471 e. The van der Waals surface area contributed by atoms with Crippen LogP contribution >= 0.6 is 23.2 Å². The Kier molecular flexibility index (Phi) is 4.96. The van der Waals surface area contributed by atoms with Crippen LogP contribution in [0.25, 0.3) is 11.3 Å². The SMILES string of the molecule is O=C(N1Cc2cncnc2-c2ccc(Cl)cc2C1c1ccccc1Cl)C(F)(F)F. The van der Waals surface area contributed by atoms with Gasteiger partial charge in [0.2, 0.25) is 0 Å². The second-order valence-electron chi connectivity index (χ2n) is 6.48. The third kappa shape index (κ3) is 3.56. The van der Waals surface area contributed by atoms with Gasteiger partial charge in [-0.15, -0.1) is 0 Å². The quantitative estimate of drug-likeness (QED) is 0.508. The molecule has 1 atom stereocenters. The number of aromatic nitrogens is 2. The molecule has 1 aliphatic rings. The molecule has 0 radical (unpaired) electrons. The monoisotopic (exact) mass is 437 g/mol. The summed E-state index contributed by atoms with van der Waals surface area (Å²) in [7, 11) is 0. The minimum Gasteiger partial charge on any atom is -0.319 e. The van der Waals surface area contributed by atoms with Crippen LogP contribution in [0, 0.1) is 0 Å². The molecule has 2 heterocycles. The minimum atomic E-state index is -5.07. The lowest BCUT2D eigenvalue weighted by molar-refractivity contribution is -0.188. The Balaban J connectivity index is 2.05. The zero-order valence-corrected chi connectivity index (χ0v) is 16.1. The van der Waals surface area contributed by atoms with Gasteiger partial charge in [-0.1, -0.05) is 47.5 Å². The molecule has 0 fully saturated rings. The first-order valence-corrected chi connectivity index (χ1v) is 9.24. The van der Waals surface area contributed by atoms with Gasteiger partial charge >= 0.3 is 12.1 Å². The van der Waals surface area contributed by atoms with Crippen molar-refractivity contribution in [1.82, 2.24) is 14.9 Å². The number of fused-ring (bicyclic) bond motifs is 3. The first kappa shape index (κ1) is 19.7. The summed E-state index contributed by atoms with van der Waals surface area (Å²) in [5.41, 5.74) is 2.16. The summed E-state index contributed by atoms with van der Waals surface area (Å²) < 4.78 is 40.5. The Hall–Kier alpha value is -2.64. The van der Waals surface area contributed by atoms with E-state index in [9.17, 15) is 18.0 Å². The van der Waals surface area contributed by atoms with Gasteiger partial charge in [-0.2, -0.15) is 13.2 Å². The molecule has 0 spiro atoms. The van der Waals surface area contributed by atoms with Gasteiger partial charge in [0.15, 0.2) is 0 Å². The van der Waals surface area contributed by atoms with Gasteiger partial charge in [0.25, 0.3) is 0 Å². The van der Waals surface area contributed by atoms with Crippen LogP contribution in [0.5, 0.6) is 0 Å². The number of halogens is 5. The number of alkyl halides is 3. The molecule has 1 amide bonds. The molecule has 0 saturated carbocycles. The zero-order chi connectivity index (χ0) is 20.8. The van der Waals surface area contributed by atoms with Crippen LogP contribution in [0.2, 0.25) is 10.0 Å². The third-order valence-electron chi connectivity index (χ3n) is 4.71. The van der Waals surface area contributed by atoms with Gasteiger partial charge < -0.3 is 4.90 Å². The van der Waals surface area contributed by atoms with Gasteiger partial charge in [-0.05, 0) is 29.3 Å². The Morgan fingerprint density at radius 3 is 2.59 bits per heavy atom. The molecule has 148 valence electrons. The van der Waals surface area contributed by atoms with E-state index in [1.807, 2.05) is 0 Å². The number of hydrogen-bond acceptors (Lipinski definition) is 3. The van der Waals surface area contributed by atoms with E-state index < -0.39 is 18.1 Å². The van der Waals surface area contributed by atoms with Crippen molar-refractivity contribution in [3.8, 4) is 11.3 Å². The topological polar surface area (TPSA) is 46.1 Å². The van der Waals surface area contributed by atoms with E-state index in [0.717, 1.165) is 4.90 Å². The molecule has 4 nitrogen and oxygen atoms in total. The van der Waals surface area contributed by atoms with E-state index in [1.165, 1.54) is 12.5 Å². The van der Waals surface area contributed by atoms with Crippen molar-refractivity contribution in [2.75, 3.05) is 0 Å². The van der Waals surface area contributed by atoms with E-state index in [4.69, 9.17) is 23.2 Å². The van der Waals surface area contributed by atoms with Gasteiger partial charge in [-0.3, -0.25) is 4.79 Å². The summed E-state index contributed by atoms with van der Waals surface area (Å²) in [5.74, 6) is -1.98. The fraction of sp³-hybridized carbons (Fsp3) is 0.150. The maximum Gasteiger partial charge on any atom is 0.471 e. The van der Waals surface area contributed by atoms with Crippen molar-refractivity contribution in [2.24, 2.45) is 0 Å². The molecule has 2 aromatic carbocycles. The number of carbonyl (C=O) groups is 1. The van der Waals surface area contributed by atoms with Crippen molar-refractivity contribution in [3.05, 3.63) is 81.7 Å². The van der Waals surface area contributed by atoms with E-state index in [1.54, 1.807) is 42.5 Å². The lowest BCUT2D eigenvalue weighted by Crippen LogP contribution is -2.43. The maximum absolute atomic E-state index is 13.5. The van der Waals surface area contributed by atoms with Crippen LogP contribution in [0.15, 0.2) is 55.0 Å². The van der Waals surface area contributed by atoms with E-state index in [-0.39, 0.29) is 11.6 Å². The lowest BCUT2D eigenvalue weighted by Gasteiger charge is -2.32. The molecule has 0 bridgehead atoms. The Morgan fingerprint density at radius 1 is 1.10 bits per heavy atom. The molecule has 1 aliphatic heterocycles. The number of benzene rings is 2. The highest BCUT2D eigenvalue weighted by Crippen LogP contribution is 2.44. The van der Waals surface area contributed by atoms with Crippen LogP contribution in [0.1, 0.15) is 22.7 Å². The van der Waals surface area contributed by atoms with Crippen molar-refractivity contribution >= 4 is 29.1 Å². The highest BCUT2D eigenvalue weighted by molar-refractivity contribution is 6.31. The summed E-state index contributed by atoms with van der Waals surface area (Å²) in [6, 6.07) is 10.2. The molecule has 0 saturated heterocycles. The fourth-order valence-electron chi connectivity index (χ4n) is 3.52. The Labute approximate surface area is 173 Å². The average Bonchev–Trinajstić information content (AvgIpc) is 2.81. The standard InChI is InChI=1S/C20H12Cl2F3N3O/c21-12-5-6-13-15(7-12)18(14-3-1-2-4-16(14)22)28(19(29)20(23,24)25)9-11-8-26-10-27-17(11)13/h1-8,10,18H,9H2. The molecule has 0 aliphatic carbocycles. The number of carbonyl (C=O) groups excluding carboxylic acids is 1. The smallest absolute Gasteiger partial charge is 0.319 e. The molecular formula is C20H12Cl2F3N3O. The molecule has 9 heteroatoms. The normalized spacial score (nSPS) is 16.0. The van der Waals surface area contributed by atoms with Crippen LogP contribution in [0.4, 0.5) is 13.2 Å². The summed E-state index contributed by atoms with van der Waals surface area (Å²) in [6.07, 6.45) is -2.35. The lowest BCUT2D eigenvalue weighted by atomic mass is 9.92. The maximum atomic E-state index is 13.5.